The number of piperidine rings is 1. The highest BCUT2D eigenvalue weighted by molar-refractivity contribution is 5.75. The van der Waals surface area contributed by atoms with E-state index in [1.54, 1.807) is 7.11 Å². The van der Waals surface area contributed by atoms with Gasteiger partial charge in [-0.25, -0.2) is 0 Å². The zero-order valence-electron chi connectivity index (χ0n) is 13.6. The summed E-state index contributed by atoms with van der Waals surface area (Å²) >= 11 is 0. The Hall–Kier alpha value is -0.610. The fourth-order valence-corrected chi connectivity index (χ4v) is 3.84. The fourth-order valence-electron chi connectivity index (χ4n) is 3.84. The van der Waals surface area contributed by atoms with Gasteiger partial charge in [-0.05, 0) is 62.9 Å². The van der Waals surface area contributed by atoms with Crippen LogP contribution in [-0.2, 0) is 9.53 Å². The molecular weight excluding hydrogens is 264 g/mol. The maximum Gasteiger partial charge on any atom is 0.220 e. The predicted octanol–water partition coefficient (Wildman–Crippen LogP) is 2.48. The van der Waals surface area contributed by atoms with E-state index < -0.39 is 0 Å². The molecule has 0 bridgehead atoms. The fraction of sp³-hybridized carbons (Fsp3) is 0.941. The second kappa shape index (κ2) is 8.74. The van der Waals surface area contributed by atoms with E-state index >= 15 is 0 Å². The van der Waals surface area contributed by atoms with Crippen molar-refractivity contribution in [3.63, 3.8) is 0 Å². The molecule has 1 heterocycles. The first-order valence-corrected chi connectivity index (χ1v) is 8.70. The molecule has 4 nitrogen and oxygen atoms in total. The third kappa shape index (κ3) is 5.59. The lowest BCUT2D eigenvalue weighted by molar-refractivity contribution is -0.122. The van der Waals surface area contributed by atoms with Crippen LogP contribution in [0.25, 0.3) is 0 Å². The molecule has 1 aliphatic heterocycles. The van der Waals surface area contributed by atoms with Gasteiger partial charge >= 0.3 is 0 Å². The molecule has 1 aliphatic carbocycles. The lowest BCUT2D eigenvalue weighted by Crippen LogP contribution is -2.37. The molecule has 0 spiro atoms. The maximum absolute atomic E-state index is 12.1. The van der Waals surface area contributed by atoms with E-state index in [0.29, 0.717) is 11.8 Å². The Balaban J connectivity index is 1.66. The maximum atomic E-state index is 12.1. The number of methoxy groups -OCH3 is 1. The summed E-state index contributed by atoms with van der Waals surface area (Å²) in [7, 11) is 1.76. The SMILES string of the molecule is COCCC1(CNC(=O)CCC2CCNCC2)CCCC1. The molecule has 4 heteroatoms. The first-order valence-electron chi connectivity index (χ1n) is 8.70. The van der Waals surface area contributed by atoms with Crippen LogP contribution < -0.4 is 10.6 Å². The average Bonchev–Trinajstić information content (AvgIpc) is 2.99. The summed E-state index contributed by atoms with van der Waals surface area (Å²) in [5.41, 5.74) is 0.306. The van der Waals surface area contributed by atoms with E-state index in [1.807, 2.05) is 0 Å². The van der Waals surface area contributed by atoms with E-state index in [2.05, 4.69) is 10.6 Å². The largest absolute Gasteiger partial charge is 0.385 e. The van der Waals surface area contributed by atoms with Gasteiger partial charge in [-0.2, -0.15) is 0 Å². The topological polar surface area (TPSA) is 50.4 Å². The molecule has 2 rings (SSSR count). The molecule has 2 aliphatic rings. The minimum Gasteiger partial charge on any atom is -0.385 e. The Bertz CT molecular complexity index is 308. The van der Waals surface area contributed by atoms with Gasteiger partial charge in [-0.3, -0.25) is 4.79 Å². The Morgan fingerprint density at radius 1 is 1.29 bits per heavy atom. The normalized spacial score (nSPS) is 22.3. The van der Waals surface area contributed by atoms with Crippen molar-refractivity contribution in [3.05, 3.63) is 0 Å². The third-order valence-corrected chi connectivity index (χ3v) is 5.40. The van der Waals surface area contributed by atoms with Crippen LogP contribution in [0.15, 0.2) is 0 Å². The van der Waals surface area contributed by atoms with Crippen molar-refractivity contribution in [1.29, 1.82) is 0 Å². The number of ether oxygens (including phenoxy) is 1. The first-order chi connectivity index (χ1) is 10.2. The lowest BCUT2D eigenvalue weighted by atomic mass is 9.83. The third-order valence-electron chi connectivity index (χ3n) is 5.40. The van der Waals surface area contributed by atoms with E-state index in [-0.39, 0.29) is 5.91 Å². The molecule has 0 aromatic carbocycles. The van der Waals surface area contributed by atoms with E-state index in [1.165, 1.54) is 38.5 Å². The molecule has 0 atom stereocenters. The molecule has 21 heavy (non-hydrogen) atoms. The summed E-state index contributed by atoms with van der Waals surface area (Å²) in [5, 5.41) is 6.58. The highest BCUT2D eigenvalue weighted by Crippen LogP contribution is 2.40. The van der Waals surface area contributed by atoms with Gasteiger partial charge in [0.2, 0.25) is 5.91 Å². The van der Waals surface area contributed by atoms with Gasteiger partial charge in [0.05, 0.1) is 0 Å². The van der Waals surface area contributed by atoms with Crippen molar-refractivity contribution in [2.75, 3.05) is 33.4 Å². The number of carbonyl (C=O) groups excluding carboxylic acids is 1. The van der Waals surface area contributed by atoms with Crippen molar-refractivity contribution in [2.45, 2.75) is 57.8 Å². The number of nitrogens with one attached hydrogen (secondary N) is 2. The van der Waals surface area contributed by atoms with Gasteiger partial charge < -0.3 is 15.4 Å². The molecular formula is C17H32N2O2. The summed E-state index contributed by atoms with van der Waals surface area (Å²) in [6.45, 7) is 3.89. The van der Waals surface area contributed by atoms with E-state index in [9.17, 15) is 4.79 Å². The number of hydrogen-bond acceptors (Lipinski definition) is 3. The molecule has 1 saturated heterocycles. The summed E-state index contributed by atoms with van der Waals surface area (Å²) in [6, 6.07) is 0. The molecule has 122 valence electrons. The Labute approximate surface area is 129 Å². The summed E-state index contributed by atoms with van der Waals surface area (Å²) < 4.78 is 5.24. The molecule has 0 aromatic heterocycles. The van der Waals surface area contributed by atoms with Crippen molar-refractivity contribution < 1.29 is 9.53 Å². The molecule has 2 fully saturated rings. The highest BCUT2D eigenvalue weighted by atomic mass is 16.5. The smallest absolute Gasteiger partial charge is 0.220 e. The number of amides is 1. The number of rotatable bonds is 8. The van der Waals surface area contributed by atoms with Crippen molar-refractivity contribution in [2.24, 2.45) is 11.3 Å². The van der Waals surface area contributed by atoms with Crippen molar-refractivity contribution in [1.82, 2.24) is 10.6 Å². The monoisotopic (exact) mass is 296 g/mol. The quantitative estimate of drug-likeness (QED) is 0.723. The predicted molar refractivity (Wildman–Crippen MR) is 85.2 cm³/mol. The summed E-state index contributed by atoms with van der Waals surface area (Å²) in [4.78, 5) is 12.1. The Morgan fingerprint density at radius 3 is 2.67 bits per heavy atom. The molecule has 0 radical (unpaired) electrons. The van der Waals surface area contributed by atoms with Crippen molar-refractivity contribution >= 4 is 5.91 Å². The molecule has 2 N–H and O–H groups in total. The highest BCUT2D eigenvalue weighted by Gasteiger charge is 2.33. The van der Waals surface area contributed by atoms with Gasteiger partial charge in [-0.15, -0.1) is 0 Å². The zero-order valence-corrected chi connectivity index (χ0v) is 13.6. The van der Waals surface area contributed by atoms with E-state index in [0.717, 1.165) is 45.0 Å². The molecule has 0 unspecified atom stereocenters. The van der Waals surface area contributed by atoms with Crippen LogP contribution in [0.2, 0.25) is 0 Å². The molecule has 0 aromatic rings. The zero-order chi connectivity index (χ0) is 15.0. The number of carbonyl (C=O) groups is 1. The van der Waals surface area contributed by atoms with Crippen LogP contribution in [0.3, 0.4) is 0 Å². The van der Waals surface area contributed by atoms with Crippen LogP contribution in [0, 0.1) is 11.3 Å². The van der Waals surface area contributed by atoms with Crippen LogP contribution >= 0.6 is 0 Å². The Morgan fingerprint density at radius 2 is 2.00 bits per heavy atom. The van der Waals surface area contributed by atoms with E-state index in [4.69, 9.17) is 4.74 Å². The summed E-state index contributed by atoms with van der Waals surface area (Å²) in [5.74, 6) is 0.989. The average molecular weight is 296 g/mol. The van der Waals surface area contributed by atoms with Crippen LogP contribution in [0.4, 0.5) is 0 Å². The van der Waals surface area contributed by atoms with Gasteiger partial charge in [0.15, 0.2) is 0 Å². The van der Waals surface area contributed by atoms with Gasteiger partial charge in [0.25, 0.3) is 0 Å². The standard InChI is InChI=1S/C17H32N2O2/c1-21-13-10-17(8-2-3-9-17)14-19-16(20)5-4-15-6-11-18-12-7-15/h15,18H,2-14H2,1H3,(H,19,20). The van der Waals surface area contributed by atoms with Gasteiger partial charge in [0.1, 0.15) is 0 Å². The van der Waals surface area contributed by atoms with Gasteiger partial charge in [0, 0.05) is 26.7 Å². The summed E-state index contributed by atoms with van der Waals surface area (Å²) in [6.07, 6.45) is 10.4. The van der Waals surface area contributed by atoms with Crippen molar-refractivity contribution in [3.8, 4) is 0 Å². The first kappa shape index (κ1) is 16.8. The minimum absolute atomic E-state index is 0.247. The second-order valence-corrected chi connectivity index (χ2v) is 6.96. The Kier molecular flexibility index (Phi) is 6.97. The lowest BCUT2D eigenvalue weighted by Gasteiger charge is -2.29. The molecule has 1 saturated carbocycles. The minimum atomic E-state index is 0.247. The van der Waals surface area contributed by atoms with Crippen LogP contribution in [0.5, 0.6) is 0 Å². The second-order valence-electron chi connectivity index (χ2n) is 6.96. The molecule has 1 amide bonds. The van der Waals surface area contributed by atoms with Crippen LogP contribution in [0.1, 0.15) is 57.8 Å². The number of hydrogen-bond donors (Lipinski definition) is 2. The van der Waals surface area contributed by atoms with Crippen LogP contribution in [-0.4, -0.2) is 39.3 Å². The van der Waals surface area contributed by atoms with Gasteiger partial charge in [-0.1, -0.05) is 12.8 Å².